The van der Waals surface area contributed by atoms with Crippen molar-refractivity contribution < 1.29 is 23.1 Å². The monoisotopic (exact) mass is 259 g/mol. The van der Waals surface area contributed by atoms with Gasteiger partial charge in [-0.25, -0.2) is 0 Å². The summed E-state index contributed by atoms with van der Waals surface area (Å²) in [6.45, 7) is 3.31. The van der Waals surface area contributed by atoms with E-state index in [2.05, 4.69) is 4.98 Å². The molecule has 2 rings (SSSR count). The molecule has 1 aromatic heterocycles. The molecule has 1 aliphatic rings. The number of rotatable bonds is 2. The van der Waals surface area contributed by atoms with Crippen molar-refractivity contribution in [1.82, 2.24) is 4.98 Å². The molecule has 18 heavy (non-hydrogen) atoms. The van der Waals surface area contributed by atoms with Gasteiger partial charge >= 0.3 is 12.1 Å². The third-order valence-corrected chi connectivity index (χ3v) is 3.54. The number of carboxylic acids is 1. The molecule has 1 aliphatic carbocycles. The standard InChI is InChI=1S/C12H12F3NO2/c1-11(2)7(8(11)10(17)18)6-4-3-5-16-9(6)12(13,14)15/h3-5,7-8H,1-2H3,(H,17,18). The second kappa shape index (κ2) is 3.70. The van der Waals surface area contributed by atoms with E-state index in [1.165, 1.54) is 12.1 Å². The number of pyridine rings is 1. The molecule has 1 fully saturated rings. The molecule has 2 atom stereocenters. The van der Waals surface area contributed by atoms with E-state index in [4.69, 9.17) is 5.11 Å². The minimum atomic E-state index is -4.56. The predicted molar refractivity (Wildman–Crippen MR) is 56.9 cm³/mol. The molecule has 6 heteroatoms. The fourth-order valence-electron chi connectivity index (χ4n) is 2.58. The Hall–Kier alpha value is -1.59. The number of aromatic nitrogens is 1. The molecule has 0 amide bonds. The number of hydrogen-bond acceptors (Lipinski definition) is 2. The van der Waals surface area contributed by atoms with Crippen LogP contribution >= 0.6 is 0 Å². The van der Waals surface area contributed by atoms with Gasteiger partial charge in [0.2, 0.25) is 0 Å². The van der Waals surface area contributed by atoms with Crippen molar-refractivity contribution in [3.8, 4) is 0 Å². The van der Waals surface area contributed by atoms with E-state index in [1.807, 2.05) is 0 Å². The van der Waals surface area contributed by atoms with Crippen molar-refractivity contribution >= 4 is 5.97 Å². The molecule has 0 spiro atoms. The number of carbonyl (C=O) groups is 1. The van der Waals surface area contributed by atoms with Crippen LogP contribution in [0.2, 0.25) is 0 Å². The van der Waals surface area contributed by atoms with Crippen LogP contribution in [0.3, 0.4) is 0 Å². The molecule has 0 aromatic carbocycles. The van der Waals surface area contributed by atoms with E-state index in [-0.39, 0.29) is 5.56 Å². The Morgan fingerprint density at radius 1 is 1.44 bits per heavy atom. The van der Waals surface area contributed by atoms with Crippen LogP contribution in [0.4, 0.5) is 13.2 Å². The van der Waals surface area contributed by atoms with Crippen LogP contribution in [0.15, 0.2) is 18.3 Å². The van der Waals surface area contributed by atoms with Gasteiger partial charge in [0.25, 0.3) is 0 Å². The number of aliphatic carboxylic acids is 1. The molecule has 1 saturated carbocycles. The van der Waals surface area contributed by atoms with Gasteiger partial charge in [-0.05, 0) is 17.0 Å². The van der Waals surface area contributed by atoms with Gasteiger partial charge in [-0.2, -0.15) is 13.2 Å². The molecule has 98 valence electrons. The summed E-state index contributed by atoms with van der Waals surface area (Å²) >= 11 is 0. The Kier molecular flexibility index (Phi) is 2.64. The average molecular weight is 259 g/mol. The van der Waals surface area contributed by atoms with Crippen LogP contribution in [0.25, 0.3) is 0 Å². The molecular formula is C12H12F3NO2. The van der Waals surface area contributed by atoms with Gasteiger partial charge in [0, 0.05) is 12.1 Å². The summed E-state index contributed by atoms with van der Waals surface area (Å²) in [5.74, 6) is -2.50. The molecule has 1 aromatic rings. The zero-order chi connectivity index (χ0) is 13.7. The van der Waals surface area contributed by atoms with E-state index in [9.17, 15) is 18.0 Å². The van der Waals surface area contributed by atoms with Gasteiger partial charge in [0.15, 0.2) is 0 Å². The van der Waals surface area contributed by atoms with Crippen LogP contribution in [-0.2, 0) is 11.0 Å². The first kappa shape index (κ1) is 12.9. The highest BCUT2D eigenvalue weighted by atomic mass is 19.4. The normalized spacial score (nSPS) is 25.8. The minimum absolute atomic E-state index is 0.0256. The summed E-state index contributed by atoms with van der Waals surface area (Å²) < 4.78 is 38.4. The van der Waals surface area contributed by atoms with Gasteiger partial charge in [-0.3, -0.25) is 9.78 Å². The van der Waals surface area contributed by atoms with E-state index < -0.39 is 35.1 Å². The molecule has 2 unspecified atom stereocenters. The molecule has 0 saturated heterocycles. The zero-order valence-corrected chi connectivity index (χ0v) is 9.82. The lowest BCUT2D eigenvalue weighted by molar-refractivity contribution is -0.142. The lowest BCUT2D eigenvalue weighted by Gasteiger charge is -2.11. The quantitative estimate of drug-likeness (QED) is 0.888. The van der Waals surface area contributed by atoms with Crippen LogP contribution in [-0.4, -0.2) is 16.1 Å². The van der Waals surface area contributed by atoms with Crippen molar-refractivity contribution in [3.63, 3.8) is 0 Å². The number of nitrogens with zero attached hydrogens (tertiary/aromatic N) is 1. The van der Waals surface area contributed by atoms with Crippen molar-refractivity contribution in [2.45, 2.75) is 25.9 Å². The van der Waals surface area contributed by atoms with Gasteiger partial charge in [-0.15, -0.1) is 0 Å². The number of hydrogen-bond donors (Lipinski definition) is 1. The molecular weight excluding hydrogens is 247 g/mol. The maximum atomic E-state index is 12.8. The SMILES string of the molecule is CC1(C)C(C(=O)O)C1c1cccnc1C(F)(F)F. The number of halogens is 3. The summed E-state index contributed by atoms with van der Waals surface area (Å²) in [6.07, 6.45) is -3.49. The van der Waals surface area contributed by atoms with Crippen LogP contribution in [0, 0.1) is 11.3 Å². The van der Waals surface area contributed by atoms with E-state index in [0.29, 0.717) is 0 Å². The summed E-state index contributed by atoms with van der Waals surface area (Å²) in [4.78, 5) is 14.4. The lowest BCUT2D eigenvalue weighted by atomic mass is 10.0. The van der Waals surface area contributed by atoms with E-state index in [1.54, 1.807) is 13.8 Å². The fourth-order valence-corrected chi connectivity index (χ4v) is 2.58. The Balaban J connectivity index is 2.46. The van der Waals surface area contributed by atoms with E-state index >= 15 is 0 Å². The smallest absolute Gasteiger partial charge is 0.433 e. The second-order valence-corrected chi connectivity index (χ2v) is 5.05. The summed E-state index contributed by atoms with van der Waals surface area (Å²) in [5, 5.41) is 9.01. The third-order valence-electron chi connectivity index (χ3n) is 3.54. The first-order valence-electron chi connectivity index (χ1n) is 5.42. The first-order valence-corrected chi connectivity index (χ1v) is 5.42. The maximum absolute atomic E-state index is 12.8. The Morgan fingerprint density at radius 2 is 2.06 bits per heavy atom. The Morgan fingerprint density at radius 3 is 2.50 bits per heavy atom. The van der Waals surface area contributed by atoms with Crippen LogP contribution in [0.1, 0.15) is 31.0 Å². The van der Waals surface area contributed by atoms with Gasteiger partial charge in [0.05, 0.1) is 5.92 Å². The number of carboxylic acid groups (broad SMARTS) is 1. The lowest BCUT2D eigenvalue weighted by Crippen LogP contribution is -2.12. The highest BCUT2D eigenvalue weighted by molar-refractivity contribution is 5.77. The summed E-state index contributed by atoms with van der Waals surface area (Å²) in [5.41, 5.74) is -1.68. The number of alkyl halides is 3. The maximum Gasteiger partial charge on any atom is 0.433 e. The predicted octanol–water partition coefficient (Wildman–Crippen LogP) is 2.92. The fraction of sp³-hybridized carbons (Fsp3) is 0.500. The summed E-state index contributed by atoms with van der Waals surface area (Å²) in [7, 11) is 0. The average Bonchev–Trinajstić information content (AvgIpc) is 2.80. The molecule has 3 nitrogen and oxygen atoms in total. The topological polar surface area (TPSA) is 50.2 Å². The van der Waals surface area contributed by atoms with Crippen LogP contribution in [0.5, 0.6) is 0 Å². The van der Waals surface area contributed by atoms with Crippen LogP contribution < -0.4 is 0 Å². The second-order valence-electron chi connectivity index (χ2n) is 5.05. The van der Waals surface area contributed by atoms with Gasteiger partial charge in [-0.1, -0.05) is 19.9 Å². The minimum Gasteiger partial charge on any atom is -0.481 e. The first-order chi connectivity index (χ1) is 8.17. The van der Waals surface area contributed by atoms with Crippen molar-refractivity contribution in [2.24, 2.45) is 11.3 Å². The third kappa shape index (κ3) is 1.85. The molecule has 1 heterocycles. The van der Waals surface area contributed by atoms with Gasteiger partial charge in [0.1, 0.15) is 5.69 Å². The Bertz CT molecular complexity index is 496. The molecule has 0 radical (unpaired) electrons. The largest absolute Gasteiger partial charge is 0.481 e. The van der Waals surface area contributed by atoms with Crippen molar-refractivity contribution in [2.75, 3.05) is 0 Å². The summed E-state index contributed by atoms with van der Waals surface area (Å²) in [6, 6.07) is 2.71. The highest BCUT2D eigenvalue weighted by Crippen LogP contribution is 2.65. The molecule has 1 N–H and O–H groups in total. The highest BCUT2D eigenvalue weighted by Gasteiger charge is 2.64. The van der Waals surface area contributed by atoms with Crippen molar-refractivity contribution in [3.05, 3.63) is 29.6 Å². The van der Waals surface area contributed by atoms with Crippen molar-refractivity contribution in [1.29, 1.82) is 0 Å². The Labute approximate surface area is 102 Å². The molecule has 0 bridgehead atoms. The van der Waals surface area contributed by atoms with Gasteiger partial charge < -0.3 is 5.11 Å². The molecule has 0 aliphatic heterocycles. The zero-order valence-electron chi connectivity index (χ0n) is 9.82. The van der Waals surface area contributed by atoms with E-state index in [0.717, 1.165) is 6.20 Å².